The van der Waals surface area contributed by atoms with E-state index >= 15 is 0 Å². The quantitative estimate of drug-likeness (QED) is 0.154. The highest BCUT2D eigenvalue weighted by molar-refractivity contribution is 4.93. The van der Waals surface area contributed by atoms with Gasteiger partial charge in [-0.1, -0.05) is 0 Å². The molecule has 2 aliphatic heterocycles. The summed E-state index contributed by atoms with van der Waals surface area (Å²) in [6.07, 6.45) is -20.4. The molecule has 2 rings (SSSR count). The molecule has 0 unspecified atom stereocenters. The summed E-state index contributed by atoms with van der Waals surface area (Å²) in [5, 5.41) is 97.9. The Morgan fingerprint density at radius 2 is 1.42 bits per heavy atom. The van der Waals surface area contributed by atoms with Crippen molar-refractivity contribution in [2.45, 2.75) is 86.6 Å². The molecule has 2 aliphatic rings. The van der Waals surface area contributed by atoms with Crippen molar-refractivity contribution < 1.29 is 70.0 Å². The highest BCUT2D eigenvalue weighted by atomic mass is 16.7. The summed E-state index contributed by atoms with van der Waals surface area (Å²) in [5.74, 6) is 0. The van der Waals surface area contributed by atoms with Crippen LogP contribution in [0.5, 0.6) is 0 Å². The molecular formula is C17H32O14. The third-order valence-corrected chi connectivity index (χ3v) is 5.37. The van der Waals surface area contributed by atoms with E-state index in [0.29, 0.717) is 0 Å². The van der Waals surface area contributed by atoms with Gasteiger partial charge in [0.1, 0.15) is 61.0 Å². The van der Waals surface area contributed by atoms with Gasteiger partial charge in [-0.2, -0.15) is 0 Å². The lowest BCUT2D eigenvalue weighted by molar-refractivity contribution is -0.363. The van der Waals surface area contributed by atoms with Gasteiger partial charge < -0.3 is 70.0 Å². The summed E-state index contributed by atoms with van der Waals surface area (Å²) in [5.41, 5.74) is 0. The standard InChI is InChI=1S/C17H32O14/c1-5-9(22)15(31-16-13(26)12(25)11(24)8(4-20)30-16)14(27)17(28-5)29-7(3-19)10(23)6(21)2-18/h5-27H,2-4H2,1H3/t5-,6-,7+,8+,9-,10-,11+,12-,13+,14+,15+,16+,17-/m0/s1. The van der Waals surface area contributed by atoms with E-state index in [1.54, 1.807) is 0 Å². The van der Waals surface area contributed by atoms with Crippen molar-refractivity contribution in [3.63, 3.8) is 0 Å². The van der Waals surface area contributed by atoms with Crippen molar-refractivity contribution in [1.82, 2.24) is 0 Å². The molecule has 10 N–H and O–H groups in total. The molecule has 13 atom stereocenters. The van der Waals surface area contributed by atoms with Gasteiger partial charge >= 0.3 is 0 Å². The zero-order valence-electron chi connectivity index (χ0n) is 16.7. The molecule has 0 amide bonds. The maximum absolute atomic E-state index is 10.6. The fourth-order valence-corrected chi connectivity index (χ4v) is 3.36. The number of hydrogen-bond acceptors (Lipinski definition) is 14. The predicted molar refractivity (Wildman–Crippen MR) is 96.0 cm³/mol. The first-order valence-corrected chi connectivity index (χ1v) is 9.78. The topological polar surface area (TPSA) is 239 Å². The van der Waals surface area contributed by atoms with Crippen molar-refractivity contribution in [3.8, 4) is 0 Å². The summed E-state index contributed by atoms with van der Waals surface area (Å²) in [6, 6.07) is 0. The molecule has 14 heteroatoms. The monoisotopic (exact) mass is 460 g/mol. The molecule has 0 aromatic carbocycles. The molecule has 14 nitrogen and oxygen atoms in total. The van der Waals surface area contributed by atoms with Crippen molar-refractivity contribution in [1.29, 1.82) is 0 Å². The Morgan fingerprint density at radius 1 is 0.774 bits per heavy atom. The lowest BCUT2D eigenvalue weighted by Gasteiger charge is -2.46. The van der Waals surface area contributed by atoms with Crippen LogP contribution < -0.4 is 0 Å². The van der Waals surface area contributed by atoms with Crippen LogP contribution in [0.25, 0.3) is 0 Å². The number of aliphatic hydroxyl groups excluding tert-OH is 10. The SMILES string of the molecule is C[C@@H]1O[C@@H](O[C@H](CO)[C@@H](O)[C@@H](O)CO)[C@H](O)[C@H](O[C@H]2O[C@H](CO)[C@@H](O)[C@H](O)[C@H]2O)[C@H]1O. The van der Waals surface area contributed by atoms with Crippen LogP contribution in [-0.2, 0) is 18.9 Å². The van der Waals surface area contributed by atoms with Gasteiger partial charge in [-0.05, 0) is 6.92 Å². The highest BCUT2D eigenvalue weighted by Gasteiger charge is 2.50. The zero-order valence-corrected chi connectivity index (χ0v) is 16.7. The average molecular weight is 460 g/mol. The highest BCUT2D eigenvalue weighted by Crippen LogP contribution is 2.30. The Morgan fingerprint density at radius 3 is 1.97 bits per heavy atom. The van der Waals surface area contributed by atoms with Gasteiger partial charge in [-0.3, -0.25) is 0 Å². The van der Waals surface area contributed by atoms with E-state index in [9.17, 15) is 46.0 Å². The zero-order chi connectivity index (χ0) is 23.5. The van der Waals surface area contributed by atoms with Gasteiger partial charge in [0, 0.05) is 0 Å². The Bertz CT molecular complexity index is 537. The van der Waals surface area contributed by atoms with E-state index in [2.05, 4.69) is 0 Å². The third-order valence-electron chi connectivity index (χ3n) is 5.37. The number of hydrogen-bond donors (Lipinski definition) is 10. The van der Waals surface area contributed by atoms with E-state index in [1.807, 2.05) is 0 Å². The van der Waals surface area contributed by atoms with Gasteiger partial charge in [-0.15, -0.1) is 0 Å². The van der Waals surface area contributed by atoms with Crippen LogP contribution in [0.4, 0.5) is 0 Å². The van der Waals surface area contributed by atoms with E-state index in [-0.39, 0.29) is 0 Å². The molecule has 0 bridgehead atoms. The molecule has 0 radical (unpaired) electrons. The fraction of sp³-hybridized carbons (Fsp3) is 1.00. The van der Waals surface area contributed by atoms with E-state index in [4.69, 9.17) is 24.1 Å². The van der Waals surface area contributed by atoms with E-state index < -0.39 is 99.5 Å². The van der Waals surface area contributed by atoms with Gasteiger partial charge in [0.2, 0.25) is 0 Å². The Hall–Kier alpha value is -0.560. The van der Waals surface area contributed by atoms with Crippen molar-refractivity contribution in [3.05, 3.63) is 0 Å². The minimum Gasteiger partial charge on any atom is -0.394 e. The van der Waals surface area contributed by atoms with Gasteiger partial charge in [-0.25, -0.2) is 0 Å². The van der Waals surface area contributed by atoms with Crippen LogP contribution in [0.15, 0.2) is 0 Å². The van der Waals surface area contributed by atoms with Gasteiger partial charge in [0.05, 0.1) is 25.9 Å². The summed E-state index contributed by atoms with van der Waals surface area (Å²) >= 11 is 0. The van der Waals surface area contributed by atoms with Crippen LogP contribution in [0.1, 0.15) is 6.92 Å². The second kappa shape index (κ2) is 11.5. The molecule has 184 valence electrons. The molecule has 0 aliphatic carbocycles. The van der Waals surface area contributed by atoms with Crippen LogP contribution in [0.2, 0.25) is 0 Å². The summed E-state index contributed by atoms with van der Waals surface area (Å²) in [4.78, 5) is 0. The number of rotatable bonds is 9. The molecular weight excluding hydrogens is 428 g/mol. The molecule has 2 fully saturated rings. The maximum atomic E-state index is 10.6. The molecule has 2 heterocycles. The van der Waals surface area contributed by atoms with Crippen molar-refractivity contribution in [2.75, 3.05) is 19.8 Å². The van der Waals surface area contributed by atoms with Crippen LogP contribution in [0.3, 0.4) is 0 Å². The first-order chi connectivity index (χ1) is 14.6. The smallest absolute Gasteiger partial charge is 0.187 e. The molecule has 0 aromatic heterocycles. The fourth-order valence-electron chi connectivity index (χ4n) is 3.36. The van der Waals surface area contributed by atoms with E-state index in [1.165, 1.54) is 6.92 Å². The Balaban J connectivity index is 2.14. The van der Waals surface area contributed by atoms with Gasteiger partial charge in [0.15, 0.2) is 12.6 Å². The second-order valence-corrected chi connectivity index (χ2v) is 7.59. The molecule has 0 spiro atoms. The summed E-state index contributed by atoms with van der Waals surface area (Å²) in [6.45, 7) is -0.967. The average Bonchev–Trinajstić information content (AvgIpc) is 2.76. The molecule has 0 saturated carbocycles. The third kappa shape index (κ3) is 5.87. The number of ether oxygens (including phenoxy) is 4. The lowest BCUT2D eigenvalue weighted by atomic mass is 9.97. The normalized spacial score (nSPS) is 44.6. The first kappa shape index (κ1) is 26.7. The number of aliphatic hydroxyl groups is 10. The van der Waals surface area contributed by atoms with Crippen molar-refractivity contribution >= 4 is 0 Å². The van der Waals surface area contributed by atoms with E-state index in [0.717, 1.165) is 0 Å². The minimum atomic E-state index is -1.79. The second-order valence-electron chi connectivity index (χ2n) is 7.59. The summed E-state index contributed by atoms with van der Waals surface area (Å²) in [7, 11) is 0. The molecule has 31 heavy (non-hydrogen) atoms. The summed E-state index contributed by atoms with van der Waals surface area (Å²) < 4.78 is 21.3. The minimum absolute atomic E-state index is 0.713. The van der Waals surface area contributed by atoms with Crippen LogP contribution in [-0.4, -0.2) is 151 Å². The Labute approximate surface area is 177 Å². The van der Waals surface area contributed by atoms with Crippen LogP contribution in [0, 0.1) is 0 Å². The Kier molecular flexibility index (Phi) is 9.93. The molecule has 0 aromatic rings. The predicted octanol–water partition coefficient (Wildman–Crippen LogP) is -6.27. The lowest BCUT2D eigenvalue weighted by Crippen LogP contribution is -2.64. The van der Waals surface area contributed by atoms with Crippen LogP contribution >= 0.6 is 0 Å². The maximum Gasteiger partial charge on any atom is 0.187 e. The molecule has 2 saturated heterocycles. The first-order valence-electron chi connectivity index (χ1n) is 9.78. The van der Waals surface area contributed by atoms with Crippen molar-refractivity contribution in [2.24, 2.45) is 0 Å². The van der Waals surface area contributed by atoms with Gasteiger partial charge in [0.25, 0.3) is 0 Å². The largest absolute Gasteiger partial charge is 0.394 e.